The molecular formula is C17H25FN2O2. The maximum absolute atomic E-state index is 13.9. The standard InChI is InChI=1S/C17H25FN2O2/c1-4-22-13(3)17(21)19-14-7-9-20(10-8-14)16-11-12(2)5-6-15(16)18/h5-6,11,13-14H,4,7-10H2,1-3H3,(H,19,21)/t13-/m0/s1. The van der Waals surface area contributed by atoms with Crippen LogP contribution in [0.25, 0.3) is 0 Å². The number of carbonyl (C=O) groups is 1. The van der Waals surface area contributed by atoms with E-state index in [4.69, 9.17) is 4.74 Å². The molecule has 122 valence electrons. The highest BCUT2D eigenvalue weighted by Gasteiger charge is 2.24. The van der Waals surface area contributed by atoms with Crippen LogP contribution in [0.15, 0.2) is 18.2 Å². The number of hydrogen-bond acceptors (Lipinski definition) is 3. The molecule has 1 aliphatic rings. The number of aryl methyl sites for hydroxylation is 1. The zero-order chi connectivity index (χ0) is 16.1. The van der Waals surface area contributed by atoms with Gasteiger partial charge < -0.3 is 15.0 Å². The molecule has 0 spiro atoms. The van der Waals surface area contributed by atoms with Gasteiger partial charge in [-0.2, -0.15) is 0 Å². The van der Waals surface area contributed by atoms with Gasteiger partial charge >= 0.3 is 0 Å². The van der Waals surface area contributed by atoms with E-state index < -0.39 is 6.10 Å². The third-order valence-corrected chi connectivity index (χ3v) is 4.07. The van der Waals surface area contributed by atoms with Crippen LogP contribution in [0.1, 0.15) is 32.3 Å². The molecule has 1 N–H and O–H groups in total. The summed E-state index contributed by atoms with van der Waals surface area (Å²) in [6.07, 6.45) is 1.22. The molecule has 0 bridgehead atoms. The lowest BCUT2D eigenvalue weighted by Crippen LogP contribution is -2.47. The fraction of sp³-hybridized carbons (Fsp3) is 0.588. The van der Waals surface area contributed by atoms with E-state index in [1.165, 1.54) is 6.07 Å². The van der Waals surface area contributed by atoms with E-state index in [9.17, 15) is 9.18 Å². The normalized spacial score (nSPS) is 17.4. The van der Waals surface area contributed by atoms with Crippen molar-refractivity contribution in [3.05, 3.63) is 29.6 Å². The van der Waals surface area contributed by atoms with Crippen molar-refractivity contribution < 1.29 is 13.9 Å². The van der Waals surface area contributed by atoms with Gasteiger partial charge in [-0.1, -0.05) is 6.07 Å². The van der Waals surface area contributed by atoms with Crippen molar-refractivity contribution in [2.45, 2.75) is 45.8 Å². The monoisotopic (exact) mass is 308 g/mol. The Balaban J connectivity index is 1.88. The molecule has 0 aromatic heterocycles. The van der Waals surface area contributed by atoms with Gasteiger partial charge in [-0.15, -0.1) is 0 Å². The average molecular weight is 308 g/mol. The number of amides is 1. The second-order valence-electron chi connectivity index (χ2n) is 5.82. The van der Waals surface area contributed by atoms with Crippen LogP contribution in [-0.2, 0) is 9.53 Å². The minimum absolute atomic E-state index is 0.0676. The van der Waals surface area contributed by atoms with Crippen LogP contribution in [0.2, 0.25) is 0 Å². The van der Waals surface area contributed by atoms with Gasteiger partial charge in [0.2, 0.25) is 5.91 Å². The number of ether oxygens (including phenoxy) is 1. The second kappa shape index (κ2) is 7.58. The predicted molar refractivity (Wildman–Crippen MR) is 85.6 cm³/mol. The smallest absolute Gasteiger partial charge is 0.249 e. The highest BCUT2D eigenvalue weighted by Crippen LogP contribution is 2.24. The summed E-state index contributed by atoms with van der Waals surface area (Å²) in [6.45, 7) is 7.61. The summed E-state index contributed by atoms with van der Waals surface area (Å²) < 4.78 is 19.2. The first-order valence-corrected chi connectivity index (χ1v) is 7.94. The molecule has 0 aliphatic carbocycles. The Bertz CT molecular complexity index is 513. The van der Waals surface area contributed by atoms with Crippen LogP contribution in [0.3, 0.4) is 0 Å². The number of piperidine rings is 1. The SMILES string of the molecule is CCO[C@@H](C)C(=O)NC1CCN(c2cc(C)ccc2F)CC1. The lowest BCUT2D eigenvalue weighted by molar-refractivity contribution is -0.132. The molecule has 1 aromatic rings. The van der Waals surface area contributed by atoms with E-state index in [1.807, 2.05) is 19.9 Å². The Morgan fingerprint density at radius 3 is 2.77 bits per heavy atom. The van der Waals surface area contributed by atoms with Crippen LogP contribution in [0.5, 0.6) is 0 Å². The molecular weight excluding hydrogens is 283 g/mol. The fourth-order valence-corrected chi connectivity index (χ4v) is 2.77. The summed E-state index contributed by atoms with van der Waals surface area (Å²) in [6, 6.07) is 5.31. The van der Waals surface area contributed by atoms with Gasteiger partial charge in [0.1, 0.15) is 11.9 Å². The Morgan fingerprint density at radius 1 is 1.45 bits per heavy atom. The zero-order valence-corrected chi connectivity index (χ0v) is 13.6. The quantitative estimate of drug-likeness (QED) is 0.909. The minimum Gasteiger partial charge on any atom is -0.369 e. The van der Waals surface area contributed by atoms with E-state index in [-0.39, 0.29) is 17.8 Å². The number of anilines is 1. The number of rotatable bonds is 5. The van der Waals surface area contributed by atoms with Gasteiger partial charge in [-0.3, -0.25) is 4.79 Å². The maximum atomic E-state index is 13.9. The number of nitrogens with zero attached hydrogens (tertiary/aromatic N) is 1. The molecule has 1 fully saturated rings. The van der Waals surface area contributed by atoms with E-state index in [0.717, 1.165) is 31.5 Å². The third kappa shape index (κ3) is 4.19. The minimum atomic E-state index is -0.419. The Hall–Kier alpha value is -1.62. The summed E-state index contributed by atoms with van der Waals surface area (Å²) >= 11 is 0. The maximum Gasteiger partial charge on any atom is 0.249 e. The van der Waals surface area contributed by atoms with Crippen molar-refractivity contribution in [2.24, 2.45) is 0 Å². The Morgan fingerprint density at radius 2 is 2.14 bits per heavy atom. The largest absolute Gasteiger partial charge is 0.369 e. The first-order valence-electron chi connectivity index (χ1n) is 7.94. The number of benzene rings is 1. The molecule has 5 heteroatoms. The van der Waals surface area contributed by atoms with Crippen LogP contribution in [0.4, 0.5) is 10.1 Å². The van der Waals surface area contributed by atoms with Gasteiger partial charge in [0.25, 0.3) is 0 Å². The van der Waals surface area contributed by atoms with Crippen LogP contribution in [-0.4, -0.2) is 37.7 Å². The highest BCUT2D eigenvalue weighted by atomic mass is 19.1. The molecule has 2 rings (SSSR count). The first-order chi connectivity index (χ1) is 10.5. The zero-order valence-electron chi connectivity index (χ0n) is 13.6. The molecule has 1 atom stereocenters. The van der Waals surface area contributed by atoms with Crippen LogP contribution < -0.4 is 10.2 Å². The molecule has 0 saturated carbocycles. The Labute approximate surface area is 131 Å². The second-order valence-corrected chi connectivity index (χ2v) is 5.82. The van der Waals surface area contributed by atoms with Gasteiger partial charge in [-0.25, -0.2) is 4.39 Å². The number of nitrogens with one attached hydrogen (secondary N) is 1. The van der Waals surface area contributed by atoms with E-state index >= 15 is 0 Å². The van der Waals surface area contributed by atoms with E-state index in [0.29, 0.717) is 12.3 Å². The van der Waals surface area contributed by atoms with Crippen molar-refractivity contribution in [2.75, 3.05) is 24.6 Å². The average Bonchev–Trinajstić information content (AvgIpc) is 2.51. The molecule has 0 radical (unpaired) electrons. The molecule has 1 aromatic carbocycles. The molecule has 22 heavy (non-hydrogen) atoms. The van der Waals surface area contributed by atoms with Gasteiger partial charge in [0, 0.05) is 25.7 Å². The van der Waals surface area contributed by atoms with Gasteiger partial charge in [0.05, 0.1) is 5.69 Å². The highest BCUT2D eigenvalue weighted by molar-refractivity contribution is 5.80. The van der Waals surface area contributed by atoms with Crippen molar-refractivity contribution >= 4 is 11.6 Å². The van der Waals surface area contributed by atoms with Crippen molar-refractivity contribution in [1.82, 2.24) is 5.32 Å². The molecule has 4 nitrogen and oxygen atoms in total. The van der Waals surface area contributed by atoms with Crippen molar-refractivity contribution in [1.29, 1.82) is 0 Å². The summed E-state index contributed by atoms with van der Waals surface area (Å²) in [5.74, 6) is -0.250. The summed E-state index contributed by atoms with van der Waals surface area (Å²) in [5.41, 5.74) is 1.71. The van der Waals surface area contributed by atoms with Crippen LogP contribution >= 0.6 is 0 Å². The molecule has 0 unspecified atom stereocenters. The third-order valence-electron chi connectivity index (χ3n) is 4.07. The molecule has 1 saturated heterocycles. The Kier molecular flexibility index (Phi) is 5.77. The van der Waals surface area contributed by atoms with Crippen molar-refractivity contribution in [3.63, 3.8) is 0 Å². The predicted octanol–water partition coefficient (Wildman–Crippen LogP) is 2.64. The van der Waals surface area contributed by atoms with E-state index in [2.05, 4.69) is 10.2 Å². The summed E-state index contributed by atoms with van der Waals surface area (Å²) in [7, 11) is 0. The molecule has 1 amide bonds. The van der Waals surface area contributed by atoms with E-state index in [1.54, 1.807) is 13.0 Å². The van der Waals surface area contributed by atoms with Crippen molar-refractivity contribution in [3.8, 4) is 0 Å². The topological polar surface area (TPSA) is 41.6 Å². The van der Waals surface area contributed by atoms with Gasteiger partial charge in [-0.05, 0) is 51.3 Å². The number of halogens is 1. The van der Waals surface area contributed by atoms with Gasteiger partial charge in [0.15, 0.2) is 0 Å². The summed E-state index contributed by atoms with van der Waals surface area (Å²) in [4.78, 5) is 14.0. The number of carbonyl (C=O) groups excluding carboxylic acids is 1. The lowest BCUT2D eigenvalue weighted by atomic mass is 10.0. The number of hydrogen-bond donors (Lipinski definition) is 1. The summed E-state index contributed by atoms with van der Waals surface area (Å²) in [5, 5.41) is 3.02. The van der Waals surface area contributed by atoms with Crippen LogP contribution in [0, 0.1) is 12.7 Å². The fourth-order valence-electron chi connectivity index (χ4n) is 2.77. The lowest BCUT2D eigenvalue weighted by Gasteiger charge is -2.34. The molecule has 1 heterocycles. The first kappa shape index (κ1) is 16.7. The molecule has 1 aliphatic heterocycles.